The van der Waals surface area contributed by atoms with Crippen molar-refractivity contribution in [3.8, 4) is 5.75 Å². The van der Waals surface area contributed by atoms with Crippen LogP contribution < -0.4 is 10.5 Å². The third-order valence-corrected chi connectivity index (χ3v) is 2.80. The van der Waals surface area contributed by atoms with Crippen molar-refractivity contribution in [2.75, 3.05) is 12.3 Å². The first-order valence-electron chi connectivity index (χ1n) is 5.47. The van der Waals surface area contributed by atoms with E-state index in [0.29, 0.717) is 17.3 Å². The Morgan fingerprint density at radius 1 is 1.06 bits per heavy atom. The summed E-state index contributed by atoms with van der Waals surface area (Å²) in [4.78, 5) is 0. The van der Waals surface area contributed by atoms with Gasteiger partial charge in [0.1, 0.15) is 5.75 Å². The summed E-state index contributed by atoms with van der Waals surface area (Å²) in [5.74, 6) is 0.750. The molecule has 2 aromatic rings. The molecule has 0 aliphatic heterocycles. The molecule has 0 amide bonds. The van der Waals surface area contributed by atoms with Gasteiger partial charge in [0.15, 0.2) is 0 Å². The summed E-state index contributed by atoms with van der Waals surface area (Å²) in [6, 6.07) is 15.5. The highest BCUT2D eigenvalue weighted by Gasteiger charge is 1.99. The second-order valence-corrected chi connectivity index (χ2v) is 4.17. The van der Waals surface area contributed by atoms with Crippen LogP contribution >= 0.6 is 11.6 Å². The first-order chi connectivity index (χ1) is 8.25. The van der Waals surface area contributed by atoms with E-state index in [2.05, 4.69) is 12.1 Å². The monoisotopic (exact) mass is 247 g/mol. The number of hydrogen-bond acceptors (Lipinski definition) is 2. The third-order valence-electron chi connectivity index (χ3n) is 2.47. The van der Waals surface area contributed by atoms with Gasteiger partial charge in [0.05, 0.1) is 17.3 Å². The maximum atomic E-state index is 5.90. The molecule has 0 saturated heterocycles. The predicted octanol–water partition coefficient (Wildman–Crippen LogP) is 3.54. The summed E-state index contributed by atoms with van der Waals surface area (Å²) in [6.07, 6.45) is 0.878. The van der Waals surface area contributed by atoms with Crippen LogP contribution in [0.5, 0.6) is 5.75 Å². The van der Waals surface area contributed by atoms with Gasteiger partial charge in [0.2, 0.25) is 0 Å². The van der Waals surface area contributed by atoms with E-state index in [1.807, 2.05) is 24.3 Å². The number of ether oxygens (including phenoxy) is 1. The minimum Gasteiger partial charge on any atom is -0.493 e. The van der Waals surface area contributed by atoms with Crippen molar-refractivity contribution >= 4 is 17.3 Å². The Hall–Kier alpha value is -1.67. The molecule has 0 heterocycles. The van der Waals surface area contributed by atoms with Gasteiger partial charge in [-0.15, -0.1) is 0 Å². The van der Waals surface area contributed by atoms with Gasteiger partial charge in [-0.25, -0.2) is 0 Å². The van der Waals surface area contributed by atoms with Gasteiger partial charge >= 0.3 is 0 Å². The lowest BCUT2D eigenvalue weighted by Crippen LogP contribution is -2.01. The third kappa shape index (κ3) is 3.40. The van der Waals surface area contributed by atoms with Gasteiger partial charge in [0.25, 0.3) is 0 Å². The zero-order chi connectivity index (χ0) is 12.1. The van der Waals surface area contributed by atoms with Crippen LogP contribution in [0.15, 0.2) is 48.5 Å². The molecule has 0 unspecified atom stereocenters. The molecule has 3 heteroatoms. The smallest absolute Gasteiger partial charge is 0.120 e. The maximum absolute atomic E-state index is 5.90. The molecule has 0 aliphatic rings. The van der Waals surface area contributed by atoms with Gasteiger partial charge in [-0.1, -0.05) is 41.9 Å². The lowest BCUT2D eigenvalue weighted by molar-refractivity contribution is 0.322. The van der Waals surface area contributed by atoms with Crippen molar-refractivity contribution in [3.05, 3.63) is 59.1 Å². The Morgan fingerprint density at radius 2 is 1.82 bits per heavy atom. The van der Waals surface area contributed by atoms with Gasteiger partial charge in [0, 0.05) is 12.5 Å². The molecule has 2 nitrogen and oxygen atoms in total. The molecular formula is C14H14ClNO. The van der Waals surface area contributed by atoms with E-state index in [4.69, 9.17) is 22.1 Å². The number of anilines is 1. The SMILES string of the molecule is Nc1ccc(OCCc2ccccc2)cc1Cl. The van der Waals surface area contributed by atoms with E-state index in [1.165, 1.54) is 5.56 Å². The van der Waals surface area contributed by atoms with Gasteiger partial charge < -0.3 is 10.5 Å². The number of halogens is 1. The highest BCUT2D eigenvalue weighted by molar-refractivity contribution is 6.33. The molecule has 88 valence electrons. The Morgan fingerprint density at radius 3 is 2.53 bits per heavy atom. The number of nitrogens with two attached hydrogens (primary N) is 1. The van der Waals surface area contributed by atoms with Crippen molar-refractivity contribution < 1.29 is 4.74 Å². The van der Waals surface area contributed by atoms with E-state index in [0.717, 1.165) is 12.2 Å². The fourth-order valence-electron chi connectivity index (χ4n) is 1.53. The lowest BCUT2D eigenvalue weighted by atomic mass is 10.2. The Bertz CT molecular complexity index is 485. The average Bonchev–Trinajstić information content (AvgIpc) is 2.35. The van der Waals surface area contributed by atoms with Crippen LogP contribution in [-0.2, 0) is 6.42 Å². The molecule has 0 bridgehead atoms. The van der Waals surface area contributed by atoms with Gasteiger partial charge in [-0.3, -0.25) is 0 Å². The summed E-state index contributed by atoms with van der Waals surface area (Å²) in [5.41, 5.74) is 7.45. The second-order valence-electron chi connectivity index (χ2n) is 3.77. The molecule has 2 rings (SSSR count). The summed E-state index contributed by atoms with van der Waals surface area (Å²) in [6.45, 7) is 0.629. The highest BCUT2D eigenvalue weighted by atomic mass is 35.5. The van der Waals surface area contributed by atoms with Crippen LogP contribution in [0.2, 0.25) is 5.02 Å². The van der Waals surface area contributed by atoms with Gasteiger partial charge in [-0.05, 0) is 17.7 Å². The van der Waals surface area contributed by atoms with Crippen LogP contribution in [0.25, 0.3) is 0 Å². The number of nitrogen functional groups attached to an aromatic ring is 1. The fraction of sp³-hybridized carbons (Fsp3) is 0.143. The zero-order valence-corrected chi connectivity index (χ0v) is 10.2. The summed E-state index contributed by atoms with van der Waals surface area (Å²) in [7, 11) is 0. The first kappa shape index (κ1) is 11.8. The Kier molecular flexibility index (Phi) is 3.89. The van der Waals surface area contributed by atoms with E-state index in [1.54, 1.807) is 12.1 Å². The normalized spacial score (nSPS) is 10.2. The van der Waals surface area contributed by atoms with Crippen molar-refractivity contribution in [1.29, 1.82) is 0 Å². The Balaban J connectivity index is 1.88. The summed E-state index contributed by atoms with van der Waals surface area (Å²) >= 11 is 5.90. The summed E-state index contributed by atoms with van der Waals surface area (Å²) in [5, 5.41) is 0.530. The van der Waals surface area contributed by atoms with E-state index in [-0.39, 0.29) is 0 Å². The Labute approximate surface area is 106 Å². The highest BCUT2D eigenvalue weighted by Crippen LogP contribution is 2.24. The average molecular weight is 248 g/mol. The van der Waals surface area contributed by atoms with Crippen LogP contribution in [-0.4, -0.2) is 6.61 Å². The summed E-state index contributed by atoms with van der Waals surface area (Å²) < 4.78 is 5.61. The number of benzene rings is 2. The quantitative estimate of drug-likeness (QED) is 0.839. The molecule has 0 saturated carbocycles. The van der Waals surface area contributed by atoms with E-state index in [9.17, 15) is 0 Å². The molecule has 0 atom stereocenters. The van der Waals surface area contributed by atoms with E-state index >= 15 is 0 Å². The molecule has 0 fully saturated rings. The fourth-order valence-corrected chi connectivity index (χ4v) is 1.70. The second kappa shape index (κ2) is 5.60. The van der Waals surface area contributed by atoms with E-state index < -0.39 is 0 Å². The first-order valence-corrected chi connectivity index (χ1v) is 5.85. The van der Waals surface area contributed by atoms with Crippen LogP contribution in [0.1, 0.15) is 5.56 Å². The molecule has 0 spiro atoms. The van der Waals surface area contributed by atoms with Crippen molar-refractivity contribution in [2.45, 2.75) is 6.42 Å². The topological polar surface area (TPSA) is 35.2 Å². The van der Waals surface area contributed by atoms with Crippen LogP contribution in [0, 0.1) is 0 Å². The van der Waals surface area contributed by atoms with Crippen molar-refractivity contribution in [2.24, 2.45) is 0 Å². The number of hydrogen-bond donors (Lipinski definition) is 1. The van der Waals surface area contributed by atoms with Crippen LogP contribution in [0.4, 0.5) is 5.69 Å². The van der Waals surface area contributed by atoms with Gasteiger partial charge in [-0.2, -0.15) is 0 Å². The minimum atomic E-state index is 0.530. The number of rotatable bonds is 4. The predicted molar refractivity (Wildman–Crippen MR) is 71.5 cm³/mol. The van der Waals surface area contributed by atoms with Crippen molar-refractivity contribution in [3.63, 3.8) is 0 Å². The molecule has 0 aromatic heterocycles. The standard InChI is InChI=1S/C14H14ClNO/c15-13-10-12(6-7-14(13)16)17-9-8-11-4-2-1-3-5-11/h1-7,10H,8-9,16H2. The molecule has 2 aromatic carbocycles. The largest absolute Gasteiger partial charge is 0.493 e. The minimum absolute atomic E-state index is 0.530. The molecule has 2 N–H and O–H groups in total. The molecular weight excluding hydrogens is 234 g/mol. The zero-order valence-electron chi connectivity index (χ0n) is 9.40. The lowest BCUT2D eigenvalue weighted by Gasteiger charge is -2.07. The molecule has 17 heavy (non-hydrogen) atoms. The molecule has 0 radical (unpaired) electrons. The van der Waals surface area contributed by atoms with Crippen molar-refractivity contribution in [1.82, 2.24) is 0 Å². The maximum Gasteiger partial charge on any atom is 0.120 e. The van der Waals surface area contributed by atoms with Crippen LogP contribution in [0.3, 0.4) is 0 Å². The molecule has 0 aliphatic carbocycles.